The van der Waals surface area contributed by atoms with Crippen molar-refractivity contribution >= 4 is 5.97 Å². The Labute approximate surface area is 73.2 Å². The molecule has 1 atom stereocenters. The van der Waals surface area contributed by atoms with E-state index in [1.165, 1.54) is 0 Å². The third kappa shape index (κ3) is 4.31. The van der Waals surface area contributed by atoms with Gasteiger partial charge in [0.1, 0.15) is 6.04 Å². The van der Waals surface area contributed by atoms with Gasteiger partial charge in [-0.2, -0.15) is 0 Å². The Morgan fingerprint density at radius 2 is 2.25 bits per heavy atom. The van der Waals surface area contributed by atoms with Crippen LogP contribution >= 0.6 is 0 Å². The Kier molecular flexibility index (Phi) is 6.70. The van der Waals surface area contributed by atoms with Gasteiger partial charge < -0.3 is 14.8 Å². The number of nitrogens with one attached hydrogen (secondary N) is 1. The van der Waals surface area contributed by atoms with Crippen LogP contribution in [0.4, 0.5) is 0 Å². The topological polar surface area (TPSA) is 47.6 Å². The van der Waals surface area contributed by atoms with Crippen molar-refractivity contribution in [2.45, 2.75) is 19.4 Å². The van der Waals surface area contributed by atoms with Crippen LogP contribution in [0.2, 0.25) is 0 Å². The Bertz CT molecular complexity index is 127. The SMILES string of the molecule is CCOC(=O)C(CCOC)NC. The highest BCUT2D eigenvalue weighted by atomic mass is 16.5. The van der Waals surface area contributed by atoms with Gasteiger partial charge in [0.2, 0.25) is 0 Å². The normalized spacial score (nSPS) is 12.6. The number of hydrogen-bond acceptors (Lipinski definition) is 4. The maximum atomic E-state index is 11.1. The van der Waals surface area contributed by atoms with Crippen LogP contribution in [0.3, 0.4) is 0 Å². The number of likely N-dealkylation sites (N-methyl/N-ethyl adjacent to an activating group) is 1. The number of esters is 1. The monoisotopic (exact) mass is 175 g/mol. The molecule has 4 nitrogen and oxygen atoms in total. The van der Waals surface area contributed by atoms with E-state index in [4.69, 9.17) is 9.47 Å². The Morgan fingerprint density at radius 1 is 1.58 bits per heavy atom. The Hall–Kier alpha value is -0.610. The second-order valence-corrected chi connectivity index (χ2v) is 2.37. The fourth-order valence-electron chi connectivity index (χ4n) is 0.859. The summed E-state index contributed by atoms with van der Waals surface area (Å²) < 4.78 is 9.69. The predicted molar refractivity (Wildman–Crippen MR) is 46.0 cm³/mol. The first-order valence-electron chi connectivity index (χ1n) is 4.09. The third-order valence-corrected chi connectivity index (χ3v) is 1.53. The van der Waals surface area contributed by atoms with Crippen molar-refractivity contribution in [2.24, 2.45) is 0 Å². The summed E-state index contributed by atoms with van der Waals surface area (Å²) in [5.41, 5.74) is 0. The van der Waals surface area contributed by atoms with Crippen molar-refractivity contribution in [3.8, 4) is 0 Å². The maximum absolute atomic E-state index is 11.1. The van der Waals surface area contributed by atoms with Crippen LogP contribution in [-0.4, -0.2) is 39.4 Å². The maximum Gasteiger partial charge on any atom is 0.323 e. The van der Waals surface area contributed by atoms with E-state index in [1.807, 2.05) is 0 Å². The molecular weight excluding hydrogens is 158 g/mol. The zero-order chi connectivity index (χ0) is 9.40. The Morgan fingerprint density at radius 3 is 2.67 bits per heavy atom. The van der Waals surface area contributed by atoms with Crippen LogP contribution in [-0.2, 0) is 14.3 Å². The lowest BCUT2D eigenvalue weighted by atomic mass is 10.2. The molecule has 0 aliphatic carbocycles. The summed E-state index contributed by atoms with van der Waals surface area (Å²) in [6.07, 6.45) is 0.645. The zero-order valence-electron chi connectivity index (χ0n) is 7.92. The standard InChI is InChI=1S/C8H17NO3/c1-4-12-8(10)7(9-2)5-6-11-3/h7,9H,4-6H2,1-3H3. The molecule has 0 fully saturated rings. The van der Waals surface area contributed by atoms with Gasteiger partial charge in [0.25, 0.3) is 0 Å². The predicted octanol–water partition coefficient (Wildman–Crippen LogP) is 0.174. The lowest BCUT2D eigenvalue weighted by Crippen LogP contribution is -2.36. The quantitative estimate of drug-likeness (QED) is 0.585. The van der Waals surface area contributed by atoms with E-state index in [0.29, 0.717) is 19.6 Å². The molecule has 0 rings (SSSR count). The molecule has 1 unspecified atom stereocenters. The molecule has 0 aliphatic heterocycles. The van der Waals surface area contributed by atoms with E-state index in [0.717, 1.165) is 0 Å². The molecule has 12 heavy (non-hydrogen) atoms. The summed E-state index contributed by atoms with van der Waals surface area (Å²) in [5.74, 6) is -0.211. The van der Waals surface area contributed by atoms with Crippen molar-refractivity contribution in [3.63, 3.8) is 0 Å². The molecule has 4 heteroatoms. The van der Waals surface area contributed by atoms with E-state index < -0.39 is 0 Å². The number of carbonyl (C=O) groups excluding carboxylic acids is 1. The molecule has 0 aromatic rings. The molecule has 0 saturated heterocycles. The van der Waals surface area contributed by atoms with E-state index in [9.17, 15) is 4.79 Å². The van der Waals surface area contributed by atoms with E-state index >= 15 is 0 Å². The van der Waals surface area contributed by atoms with Gasteiger partial charge in [0.15, 0.2) is 0 Å². The summed E-state index contributed by atoms with van der Waals surface area (Å²) in [7, 11) is 3.34. The number of ether oxygens (including phenoxy) is 2. The first-order chi connectivity index (χ1) is 5.76. The van der Waals surface area contributed by atoms with Crippen LogP contribution in [0, 0.1) is 0 Å². The molecule has 0 heterocycles. The third-order valence-electron chi connectivity index (χ3n) is 1.53. The summed E-state index contributed by atoms with van der Waals surface area (Å²) in [5, 5.41) is 2.87. The van der Waals surface area contributed by atoms with Crippen molar-refractivity contribution in [3.05, 3.63) is 0 Å². The van der Waals surface area contributed by atoms with E-state index in [2.05, 4.69) is 5.32 Å². The molecule has 0 aromatic heterocycles. The van der Waals surface area contributed by atoms with Crippen molar-refractivity contribution in [1.82, 2.24) is 5.32 Å². The highest BCUT2D eigenvalue weighted by molar-refractivity contribution is 5.75. The van der Waals surface area contributed by atoms with Crippen LogP contribution in [0.5, 0.6) is 0 Å². The second-order valence-electron chi connectivity index (χ2n) is 2.37. The smallest absolute Gasteiger partial charge is 0.323 e. The Balaban J connectivity index is 3.71. The van der Waals surface area contributed by atoms with E-state index in [-0.39, 0.29) is 12.0 Å². The van der Waals surface area contributed by atoms with Gasteiger partial charge in [-0.1, -0.05) is 0 Å². The van der Waals surface area contributed by atoms with Crippen LogP contribution in [0.1, 0.15) is 13.3 Å². The van der Waals surface area contributed by atoms with Gasteiger partial charge in [-0.25, -0.2) is 0 Å². The van der Waals surface area contributed by atoms with Gasteiger partial charge in [-0.15, -0.1) is 0 Å². The number of carbonyl (C=O) groups is 1. The van der Waals surface area contributed by atoms with Crippen molar-refractivity contribution in [2.75, 3.05) is 27.4 Å². The number of methoxy groups -OCH3 is 1. The zero-order valence-corrected chi connectivity index (χ0v) is 7.92. The van der Waals surface area contributed by atoms with Gasteiger partial charge >= 0.3 is 5.97 Å². The fraction of sp³-hybridized carbons (Fsp3) is 0.875. The highest BCUT2D eigenvalue weighted by Crippen LogP contribution is 1.95. The van der Waals surface area contributed by atoms with Gasteiger partial charge in [0, 0.05) is 13.7 Å². The van der Waals surface area contributed by atoms with Crippen LogP contribution in [0.15, 0.2) is 0 Å². The minimum absolute atomic E-state index is 0.211. The average molecular weight is 175 g/mol. The van der Waals surface area contributed by atoms with Crippen molar-refractivity contribution in [1.29, 1.82) is 0 Å². The molecule has 1 N–H and O–H groups in total. The van der Waals surface area contributed by atoms with Gasteiger partial charge in [-0.3, -0.25) is 4.79 Å². The lowest BCUT2D eigenvalue weighted by molar-refractivity contribution is -0.146. The van der Waals surface area contributed by atoms with Gasteiger partial charge in [0.05, 0.1) is 6.61 Å². The number of rotatable bonds is 6. The second kappa shape index (κ2) is 7.06. The summed E-state index contributed by atoms with van der Waals surface area (Å²) >= 11 is 0. The molecule has 0 aromatic carbocycles. The molecule has 0 aliphatic rings. The molecular formula is C8H17NO3. The van der Waals surface area contributed by atoms with Crippen molar-refractivity contribution < 1.29 is 14.3 Å². The molecule has 0 saturated carbocycles. The number of hydrogen-bond donors (Lipinski definition) is 1. The molecule has 0 spiro atoms. The van der Waals surface area contributed by atoms with Crippen LogP contribution in [0.25, 0.3) is 0 Å². The fourth-order valence-corrected chi connectivity index (χ4v) is 0.859. The lowest BCUT2D eigenvalue weighted by Gasteiger charge is -2.13. The van der Waals surface area contributed by atoms with E-state index in [1.54, 1.807) is 21.1 Å². The van der Waals surface area contributed by atoms with Gasteiger partial charge in [-0.05, 0) is 20.4 Å². The first-order valence-corrected chi connectivity index (χ1v) is 4.09. The summed E-state index contributed by atoms with van der Waals surface area (Å²) in [6, 6.07) is -0.245. The molecule has 72 valence electrons. The molecule has 0 amide bonds. The van der Waals surface area contributed by atoms with Crippen LogP contribution < -0.4 is 5.32 Å². The first kappa shape index (κ1) is 11.4. The minimum Gasteiger partial charge on any atom is -0.465 e. The highest BCUT2D eigenvalue weighted by Gasteiger charge is 2.16. The average Bonchev–Trinajstić information content (AvgIpc) is 2.06. The summed E-state index contributed by atoms with van der Waals surface area (Å²) in [4.78, 5) is 11.1. The summed E-state index contributed by atoms with van der Waals surface area (Å²) in [6.45, 7) is 2.77. The molecule has 0 bridgehead atoms. The minimum atomic E-state index is -0.245. The molecule has 0 radical (unpaired) electrons. The largest absolute Gasteiger partial charge is 0.465 e.